The number of amides is 2. The number of rotatable bonds is 4. The number of carbonyl (C=O) groups excluding carboxylic acids is 2. The van der Waals surface area contributed by atoms with Crippen LogP contribution in [-0.2, 0) is 23.9 Å². The van der Waals surface area contributed by atoms with Gasteiger partial charge in [-0.15, -0.1) is 0 Å². The highest BCUT2D eigenvalue weighted by atomic mass is 19.4. The zero-order valence-electron chi connectivity index (χ0n) is 16.3. The van der Waals surface area contributed by atoms with Crippen molar-refractivity contribution in [2.75, 3.05) is 60.6 Å². The van der Waals surface area contributed by atoms with Crippen molar-refractivity contribution in [1.29, 1.82) is 0 Å². The highest BCUT2D eigenvalue weighted by Crippen LogP contribution is 2.30. The SMILES string of the molecule is CCOCC(=O)N1CC2(C1)CN(C)C(C(=O)N(C)C)CO2.O=C(O)C(F)(F)F. The third-order valence-corrected chi connectivity index (χ3v) is 4.33. The van der Waals surface area contributed by atoms with E-state index in [9.17, 15) is 22.8 Å². The molecule has 1 N–H and O–H groups in total. The van der Waals surface area contributed by atoms with E-state index in [-0.39, 0.29) is 30.1 Å². The van der Waals surface area contributed by atoms with Crippen LogP contribution in [-0.4, -0.2) is 116 Å². The van der Waals surface area contributed by atoms with Gasteiger partial charge in [0.1, 0.15) is 18.2 Å². The first-order valence-corrected chi connectivity index (χ1v) is 8.54. The van der Waals surface area contributed by atoms with Gasteiger partial charge in [-0.25, -0.2) is 4.79 Å². The fraction of sp³-hybridized carbons (Fsp3) is 0.812. The Morgan fingerprint density at radius 2 is 1.79 bits per heavy atom. The third-order valence-electron chi connectivity index (χ3n) is 4.33. The second-order valence-electron chi connectivity index (χ2n) is 6.85. The van der Waals surface area contributed by atoms with Crippen LogP contribution in [0.25, 0.3) is 0 Å². The molecule has 2 fully saturated rings. The van der Waals surface area contributed by atoms with Crippen LogP contribution in [0, 0.1) is 0 Å². The molecule has 1 unspecified atom stereocenters. The second-order valence-corrected chi connectivity index (χ2v) is 6.85. The topological polar surface area (TPSA) is 99.6 Å². The Balaban J connectivity index is 0.000000480. The Morgan fingerprint density at radius 3 is 2.18 bits per heavy atom. The van der Waals surface area contributed by atoms with Gasteiger partial charge in [0.05, 0.1) is 19.7 Å². The van der Waals surface area contributed by atoms with Crippen LogP contribution in [0.3, 0.4) is 0 Å². The quantitative estimate of drug-likeness (QED) is 0.673. The zero-order valence-corrected chi connectivity index (χ0v) is 16.3. The van der Waals surface area contributed by atoms with Gasteiger partial charge < -0.3 is 24.4 Å². The standard InChI is InChI=1S/C14H25N3O4.C2HF3O2/c1-5-20-7-12(18)17-9-14(10-17)8-16(4)11(6-21-14)13(19)15(2)3;3-2(4,5)1(6)7/h11H,5-10H2,1-4H3;(H,6,7). The smallest absolute Gasteiger partial charge is 0.475 e. The zero-order chi connectivity index (χ0) is 21.7. The monoisotopic (exact) mass is 413 g/mol. The van der Waals surface area contributed by atoms with Gasteiger partial charge >= 0.3 is 12.1 Å². The van der Waals surface area contributed by atoms with Crippen LogP contribution >= 0.6 is 0 Å². The summed E-state index contributed by atoms with van der Waals surface area (Å²) in [6.07, 6.45) is -5.08. The normalized spacial score (nSPS) is 21.4. The summed E-state index contributed by atoms with van der Waals surface area (Å²) in [6.45, 7) is 4.73. The van der Waals surface area contributed by atoms with E-state index in [4.69, 9.17) is 19.4 Å². The molecule has 28 heavy (non-hydrogen) atoms. The summed E-state index contributed by atoms with van der Waals surface area (Å²) in [7, 11) is 5.43. The van der Waals surface area contributed by atoms with Gasteiger partial charge in [-0.3, -0.25) is 14.5 Å². The number of halogens is 3. The molecule has 2 heterocycles. The van der Waals surface area contributed by atoms with Crippen LogP contribution in [0.2, 0.25) is 0 Å². The van der Waals surface area contributed by atoms with Crippen LogP contribution in [0.1, 0.15) is 6.92 Å². The molecule has 2 amide bonds. The number of aliphatic carboxylic acids is 1. The van der Waals surface area contributed by atoms with Crippen molar-refractivity contribution in [3.63, 3.8) is 0 Å². The van der Waals surface area contributed by atoms with Crippen molar-refractivity contribution < 1.29 is 42.1 Å². The number of hydrogen-bond donors (Lipinski definition) is 1. The van der Waals surface area contributed by atoms with Gasteiger partial charge in [0, 0.05) is 27.2 Å². The van der Waals surface area contributed by atoms with E-state index in [2.05, 4.69) is 0 Å². The van der Waals surface area contributed by atoms with Crippen molar-refractivity contribution in [2.45, 2.75) is 24.7 Å². The van der Waals surface area contributed by atoms with Crippen molar-refractivity contribution >= 4 is 17.8 Å². The first-order valence-electron chi connectivity index (χ1n) is 8.54. The maximum Gasteiger partial charge on any atom is 0.490 e. The molecule has 0 aromatic rings. The number of carboxylic acid groups (broad SMARTS) is 1. The molecule has 0 saturated carbocycles. The Hall–Kier alpha value is -1.92. The number of alkyl halides is 3. The summed E-state index contributed by atoms with van der Waals surface area (Å²) in [4.78, 5) is 38.1. The van der Waals surface area contributed by atoms with Crippen LogP contribution < -0.4 is 0 Å². The molecule has 12 heteroatoms. The average Bonchev–Trinajstić information content (AvgIpc) is 2.56. The molecular weight excluding hydrogens is 387 g/mol. The third kappa shape index (κ3) is 6.31. The number of carboxylic acids is 1. The van der Waals surface area contributed by atoms with E-state index in [0.717, 1.165) is 0 Å². The molecule has 0 radical (unpaired) electrons. The molecule has 2 saturated heterocycles. The number of likely N-dealkylation sites (N-methyl/N-ethyl adjacent to an activating group) is 2. The van der Waals surface area contributed by atoms with Gasteiger partial charge in [-0.2, -0.15) is 13.2 Å². The van der Waals surface area contributed by atoms with E-state index in [0.29, 0.717) is 32.8 Å². The molecule has 2 aliphatic heterocycles. The van der Waals surface area contributed by atoms with Crippen molar-refractivity contribution in [2.24, 2.45) is 0 Å². The van der Waals surface area contributed by atoms with Crippen molar-refractivity contribution in [3.05, 3.63) is 0 Å². The number of morpholine rings is 1. The molecule has 2 rings (SSSR count). The fourth-order valence-corrected chi connectivity index (χ4v) is 2.85. The predicted molar refractivity (Wildman–Crippen MR) is 90.6 cm³/mol. The Labute approximate surface area is 160 Å². The van der Waals surface area contributed by atoms with Gasteiger partial charge in [0.25, 0.3) is 0 Å². The van der Waals surface area contributed by atoms with Crippen LogP contribution in [0.4, 0.5) is 13.2 Å². The first-order chi connectivity index (χ1) is 12.8. The maximum atomic E-state index is 12.0. The number of nitrogens with zero attached hydrogens (tertiary/aromatic N) is 3. The lowest BCUT2D eigenvalue weighted by atomic mass is 9.90. The lowest BCUT2D eigenvalue weighted by Crippen LogP contribution is -2.73. The number of hydrogen-bond acceptors (Lipinski definition) is 6. The van der Waals surface area contributed by atoms with Crippen molar-refractivity contribution in [3.8, 4) is 0 Å². The van der Waals surface area contributed by atoms with Crippen molar-refractivity contribution in [1.82, 2.24) is 14.7 Å². The summed E-state index contributed by atoms with van der Waals surface area (Å²) >= 11 is 0. The number of likely N-dealkylation sites (tertiary alicyclic amines) is 1. The van der Waals surface area contributed by atoms with E-state index in [1.54, 1.807) is 23.9 Å². The van der Waals surface area contributed by atoms with E-state index < -0.39 is 12.1 Å². The molecular formula is C16H26F3N3O6. The largest absolute Gasteiger partial charge is 0.490 e. The Bertz CT molecular complexity index is 578. The summed E-state index contributed by atoms with van der Waals surface area (Å²) in [5.74, 6) is -2.70. The highest BCUT2D eigenvalue weighted by molar-refractivity contribution is 5.82. The summed E-state index contributed by atoms with van der Waals surface area (Å²) in [6, 6.07) is -0.237. The summed E-state index contributed by atoms with van der Waals surface area (Å²) < 4.78 is 42.8. The van der Waals surface area contributed by atoms with Gasteiger partial charge in [-0.1, -0.05) is 0 Å². The van der Waals surface area contributed by atoms with Gasteiger partial charge in [0.15, 0.2) is 0 Å². The second kappa shape index (κ2) is 9.52. The van der Waals surface area contributed by atoms with E-state index in [1.165, 1.54) is 0 Å². The maximum absolute atomic E-state index is 12.0. The lowest BCUT2D eigenvalue weighted by Gasteiger charge is -2.54. The minimum atomic E-state index is -5.08. The molecule has 9 nitrogen and oxygen atoms in total. The fourth-order valence-electron chi connectivity index (χ4n) is 2.85. The minimum absolute atomic E-state index is 0.000203. The average molecular weight is 413 g/mol. The molecule has 0 aliphatic carbocycles. The van der Waals surface area contributed by atoms with E-state index in [1.807, 2.05) is 18.9 Å². The van der Waals surface area contributed by atoms with Gasteiger partial charge in [-0.05, 0) is 14.0 Å². The lowest BCUT2D eigenvalue weighted by molar-refractivity contribution is -0.204. The highest BCUT2D eigenvalue weighted by Gasteiger charge is 2.51. The molecule has 0 aromatic carbocycles. The molecule has 1 atom stereocenters. The Kier molecular flexibility index (Phi) is 8.20. The predicted octanol–water partition coefficient (Wildman–Crippen LogP) is -0.344. The number of ether oxygens (including phenoxy) is 2. The molecule has 0 aromatic heterocycles. The molecule has 1 spiro atoms. The molecule has 2 aliphatic rings. The van der Waals surface area contributed by atoms with E-state index >= 15 is 0 Å². The summed E-state index contributed by atoms with van der Waals surface area (Å²) in [5, 5.41) is 7.12. The molecule has 0 bridgehead atoms. The van der Waals surface area contributed by atoms with Gasteiger partial charge in [0.2, 0.25) is 11.8 Å². The number of carbonyl (C=O) groups is 3. The Morgan fingerprint density at radius 1 is 1.25 bits per heavy atom. The summed E-state index contributed by atoms with van der Waals surface area (Å²) in [5.41, 5.74) is -0.320. The van der Waals surface area contributed by atoms with Crippen LogP contribution in [0.15, 0.2) is 0 Å². The minimum Gasteiger partial charge on any atom is -0.475 e. The first kappa shape index (κ1) is 24.1. The molecule has 162 valence electrons. The van der Waals surface area contributed by atoms with Crippen LogP contribution in [0.5, 0.6) is 0 Å².